The fourth-order valence-electron chi connectivity index (χ4n) is 2.45. The van der Waals surface area contributed by atoms with Gasteiger partial charge in [0.2, 0.25) is 0 Å². The Balaban J connectivity index is 1.89. The van der Waals surface area contributed by atoms with Crippen LogP contribution in [-0.2, 0) is 4.74 Å². The number of ether oxygens (including phenoxy) is 1. The highest BCUT2D eigenvalue weighted by Crippen LogP contribution is 2.23. The number of allylic oxidation sites excluding steroid dienone is 1. The average Bonchev–Trinajstić information content (AvgIpc) is 2.65. The first kappa shape index (κ1) is 17.7. The van der Waals surface area contributed by atoms with Crippen LogP contribution in [0.25, 0.3) is 5.57 Å². The molecule has 1 aromatic carbocycles. The Kier molecular flexibility index (Phi) is 7.54. The Morgan fingerprint density at radius 2 is 1.88 bits per heavy atom. The molecule has 126 valence electrons. The molecule has 0 saturated heterocycles. The van der Waals surface area contributed by atoms with E-state index in [9.17, 15) is 4.79 Å². The molecule has 0 bridgehead atoms. The van der Waals surface area contributed by atoms with Gasteiger partial charge in [0.25, 0.3) is 0 Å². The summed E-state index contributed by atoms with van der Waals surface area (Å²) in [6.07, 6.45) is 9.56. The number of carbonyl (C=O) groups excluding carboxylic acids is 1. The second kappa shape index (κ2) is 10.2. The number of amides is 1. The van der Waals surface area contributed by atoms with Gasteiger partial charge in [-0.1, -0.05) is 42.5 Å². The zero-order valence-corrected chi connectivity index (χ0v) is 14.1. The summed E-state index contributed by atoms with van der Waals surface area (Å²) in [5, 5.41) is 2.44. The van der Waals surface area contributed by atoms with Crippen molar-refractivity contribution < 1.29 is 9.53 Å². The number of rotatable bonds is 8. The van der Waals surface area contributed by atoms with Crippen molar-refractivity contribution in [2.24, 2.45) is 0 Å². The number of nitrogens with zero attached hydrogens (tertiary/aromatic N) is 1. The van der Waals surface area contributed by atoms with E-state index in [-0.39, 0.29) is 6.09 Å². The third-order valence-corrected chi connectivity index (χ3v) is 3.69. The van der Waals surface area contributed by atoms with Gasteiger partial charge >= 0.3 is 6.09 Å². The molecule has 0 unspecified atom stereocenters. The van der Waals surface area contributed by atoms with E-state index >= 15 is 0 Å². The molecule has 2 aromatic rings. The standard InChI is InChI=1S/C20H24N2O2/c1-21-20(23)24-15-8-3-2-7-13-19(17-10-5-4-6-11-17)18-12-9-14-22-16-18/h4-6,9-14,16H,2-3,7-8,15H2,1H3,(H,21,23)/b19-13+. The van der Waals surface area contributed by atoms with Gasteiger partial charge in [0.1, 0.15) is 0 Å². The van der Waals surface area contributed by atoms with Gasteiger partial charge in [0.15, 0.2) is 0 Å². The molecule has 0 atom stereocenters. The van der Waals surface area contributed by atoms with Gasteiger partial charge in [0.05, 0.1) is 6.61 Å². The third kappa shape index (κ3) is 5.88. The molecule has 0 aliphatic heterocycles. The molecule has 0 spiro atoms. The van der Waals surface area contributed by atoms with Crippen LogP contribution in [0.1, 0.15) is 36.8 Å². The average molecular weight is 324 g/mol. The fourth-order valence-corrected chi connectivity index (χ4v) is 2.45. The number of aromatic nitrogens is 1. The van der Waals surface area contributed by atoms with Crippen molar-refractivity contribution in [3.8, 4) is 0 Å². The van der Waals surface area contributed by atoms with Gasteiger partial charge in [-0.3, -0.25) is 4.98 Å². The lowest BCUT2D eigenvalue weighted by molar-refractivity contribution is 0.146. The van der Waals surface area contributed by atoms with Crippen LogP contribution in [0, 0.1) is 0 Å². The zero-order valence-electron chi connectivity index (χ0n) is 14.1. The monoisotopic (exact) mass is 324 g/mol. The van der Waals surface area contributed by atoms with Crippen molar-refractivity contribution in [2.45, 2.75) is 25.7 Å². The molecule has 24 heavy (non-hydrogen) atoms. The van der Waals surface area contributed by atoms with Crippen LogP contribution in [0.15, 0.2) is 60.9 Å². The maximum atomic E-state index is 11.0. The van der Waals surface area contributed by atoms with Gasteiger partial charge in [-0.15, -0.1) is 0 Å². The van der Waals surface area contributed by atoms with Gasteiger partial charge in [0, 0.05) is 25.0 Å². The fraction of sp³-hybridized carbons (Fsp3) is 0.300. The molecule has 1 heterocycles. The Labute approximate surface area is 143 Å². The molecule has 0 fully saturated rings. The topological polar surface area (TPSA) is 51.2 Å². The molecule has 1 amide bonds. The first-order chi connectivity index (χ1) is 11.8. The highest BCUT2D eigenvalue weighted by atomic mass is 16.5. The summed E-state index contributed by atoms with van der Waals surface area (Å²) < 4.78 is 4.98. The van der Waals surface area contributed by atoms with E-state index in [2.05, 4.69) is 46.7 Å². The summed E-state index contributed by atoms with van der Waals surface area (Å²) in [6.45, 7) is 0.470. The van der Waals surface area contributed by atoms with Crippen molar-refractivity contribution in [3.05, 3.63) is 72.1 Å². The van der Waals surface area contributed by atoms with Crippen LogP contribution in [0.4, 0.5) is 4.79 Å². The van der Waals surface area contributed by atoms with Crippen LogP contribution in [0.2, 0.25) is 0 Å². The second-order valence-electron chi connectivity index (χ2n) is 5.46. The summed E-state index contributed by atoms with van der Waals surface area (Å²) in [7, 11) is 1.57. The molecular weight excluding hydrogens is 300 g/mol. The van der Waals surface area contributed by atoms with E-state index in [1.807, 2.05) is 18.3 Å². The van der Waals surface area contributed by atoms with Crippen molar-refractivity contribution in [2.75, 3.05) is 13.7 Å². The molecule has 0 aliphatic carbocycles. The number of benzene rings is 1. The van der Waals surface area contributed by atoms with E-state index < -0.39 is 0 Å². The highest BCUT2D eigenvalue weighted by Gasteiger charge is 2.04. The summed E-state index contributed by atoms with van der Waals surface area (Å²) >= 11 is 0. The smallest absolute Gasteiger partial charge is 0.406 e. The minimum atomic E-state index is -0.363. The molecule has 4 heteroatoms. The molecule has 0 saturated carbocycles. The lowest BCUT2D eigenvalue weighted by Gasteiger charge is -2.08. The van der Waals surface area contributed by atoms with E-state index in [1.54, 1.807) is 13.2 Å². The normalized spacial score (nSPS) is 11.1. The molecule has 1 N–H and O–H groups in total. The van der Waals surface area contributed by atoms with Gasteiger partial charge < -0.3 is 10.1 Å². The number of hydrogen-bond donors (Lipinski definition) is 1. The molecular formula is C20H24N2O2. The second-order valence-corrected chi connectivity index (χ2v) is 5.46. The first-order valence-electron chi connectivity index (χ1n) is 8.31. The first-order valence-corrected chi connectivity index (χ1v) is 8.31. The number of pyridine rings is 1. The van der Waals surface area contributed by atoms with Gasteiger partial charge in [-0.25, -0.2) is 4.79 Å². The summed E-state index contributed by atoms with van der Waals surface area (Å²) in [5.41, 5.74) is 3.55. The van der Waals surface area contributed by atoms with Crippen molar-refractivity contribution in [3.63, 3.8) is 0 Å². The minimum absolute atomic E-state index is 0.363. The largest absolute Gasteiger partial charge is 0.450 e. The van der Waals surface area contributed by atoms with Crippen LogP contribution < -0.4 is 5.32 Å². The number of alkyl carbamates (subject to hydrolysis) is 1. The number of carbonyl (C=O) groups is 1. The number of nitrogens with one attached hydrogen (secondary N) is 1. The predicted molar refractivity (Wildman–Crippen MR) is 96.6 cm³/mol. The Morgan fingerprint density at radius 3 is 2.58 bits per heavy atom. The Bertz CT molecular complexity index is 598. The van der Waals surface area contributed by atoms with Crippen LogP contribution in [-0.4, -0.2) is 24.7 Å². The zero-order chi connectivity index (χ0) is 17.0. The molecule has 2 rings (SSSR count). The van der Waals surface area contributed by atoms with Crippen molar-refractivity contribution >= 4 is 11.7 Å². The van der Waals surface area contributed by atoms with E-state index in [0.717, 1.165) is 31.2 Å². The Morgan fingerprint density at radius 1 is 1.08 bits per heavy atom. The maximum absolute atomic E-state index is 11.0. The van der Waals surface area contributed by atoms with E-state index in [1.165, 1.54) is 11.1 Å². The Hall–Kier alpha value is -2.62. The number of hydrogen-bond acceptors (Lipinski definition) is 3. The van der Waals surface area contributed by atoms with Crippen LogP contribution in [0.3, 0.4) is 0 Å². The third-order valence-electron chi connectivity index (χ3n) is 3.69. The van der Waals surface area contributed by atoms with Gasteiger partial charge in [-0.05, 0) is 42.9 Å². The maximum Gasteiger partial charge on any atom is 0.406 e. The van der Waals surface area contributed by atoms with Crippen molar-refractivity contribution in [1.29, 1.82) is 0 Å². The van der Waals surface area contributed by atoms with E-state index in [4.69, 9.17) is 4.74 Å². The summed E-state index contributed by atoms with van der Waals surface area (Å²) in [6, 6.07) is 14.4. The summed E-state index contributed by atoms with van der Waals surface area (Å²) in [4.78, 5) is 15.2. The quantitative estimate of drug-likeness (QED) is 0.731. The number of unbranched alkanes of at least 4 members (excludes halogenated alkanes) is 3. The van der Waals surface area contributed by atoms with Crippen LogP contribution >= 0.6 is 0 Å². The van der Waals surface area contributed by atoms with Crippen LogP contribution in [0.5, 0.6) is 0 Å². The lowest BCUT2D eigenvalue weighted by atomic mass is 9.97. The van der Waals surface area contributed by atoms with Gasteiger partial charge in [-0.2, -0.15) is 0 Å². The molecule has 4 nitrogen and oxygen atoms in total. The molecule has 0 aliphatic rings. The molecule has 0 radical (unpaired) electrons. The SMILES string of the molecule is CNC(=O)OCCCCC/C=C(\c1ccccc1)c1cccnc1. The molecule has 1 aromatic heterocycles. The van der Waals surface area contributed by atoms with E-state index in [0.29, 0.717) is 6.61 Å². The highest BCUT2D eigenvalue weighted by molar-refractivity contribution is 5.79. The summed E-state index contributed by atoms with van der Waals surface area (Å²) in [5.74, 6) is 0. The minimum Gasteiger partial charge on any atom is -0.450 e. The predicted octanol–water partition coefficient (Wildman–Crippen LogP) is 4.43. The van der Waals surface area contributed by atoms with Crippen molar-refractivity contribution in [1.82, 2.24) is 10.3 Å². The lowest BCUT2D eigenvalue weighted by Crippen LogP contribution is -2.19.